The van der Waals surface area contributed by atoms with E-state index in [0.717, 1.165) is 12.8 Å². The van der Waals surface area contributed by atoms with Gasteiger partial charge in [0, 0.05) is 0 Å². The minimum atomic E-state index is -2.72. The fourth-order valence-electron chi connectivity index (χ4n) is 2.21. The quantitative estimate of drug-likeness (QED) is 0.680. The molecule has 0 unspecified atom stereocenters. The second-order valence-electron chi connectivity index (χ2n) is 4.56. The molecule has 1 aliphatic rings. The van der Waals surface area contributed by atoms with E-state index < -0.39 is 9.84 Å². The van der Waals surface area contributed by atoms with E-state index >= 15 is 0 Å². The van der Waals surface area contributed by atoms with Gasteiger partial charge in [0.1, 0.15) is 0 Å². The van der Waals surface area contributed by atoms with Gasteiger partial charge in [-0.25, -0.2) is 8.42 Å². The minimum Gasteiger partial charge on any atom is -0.229 e. The van der Waals surface area contributed by atoms with E-state index in [4.69, 9.17) is 0 Å². The van der Waals surface area contributed by atoms with E-state index in [1.165, 1.54) is 25.7 Å². The molecule has 0 aliphatic carbocycles. The van der Waals surface area contributed by atoms with E-state index in [0.29, 0.717) is 11.7 Å². The highest BCUT2D eigenvalue weighted by molar-refractivity contribution is 7.92. The van der Waals surface area contributed by atoms with Gasteiger partial charge in [0.2, 0.25) is 0 Å². The molecule has 1 heterocycles. The molecule has 84 valence electrons. The van der Waals surface area contributed by atoms with Gasteiger partial charge in [-0.2, -0.15) is 0 Å². The van der Waals surface area contributed by atoms with Crippen molar-refractivity contribution in [3.63, 3.8) is 0 Å². The van der Waals surface area contributed by atoms with Crippen LogP contribution in [0.15, 0.2) is 0 Å². The maximum absolute atomic E-state index is 11.5. The standard InChI is InChI=1S/C11H22O2S/c1-3-4-5-6-11-7-8-14(12,13)10(2)9-11/h10-11H,3-9H2,1-2H3/t10-,11-/m0/s1. The monoisotopic (exact) mass is 218 g/mol. The summed E-state index contributed by atoms with van der Waals surface area (Å²) >= 11 is 0. The molecule has 1 saturated heterocycles. The molecule has 3 heteroatoms. The highest BCUT2D eigenvalue weighted by atomic mass is 32.2. The Morgan fingerprint density at radius 3 is 2.57 bits per heavy atom. The van der Waals surface area contributed by atoms with Crippen LogP contribution in [0.2, 0.25) is 0 Å². The van der Waals surface area contributed by atoms with Crippen molar-refractivity contribution >= 4 is 9.84 Å². The summed E-state index contributed by atoms with van der Waals surface area (Å²) in [6.45, 7) is 4.06. The Kier molecular flexibility index (Phi) is 4.42. The third-order valence-electron chi connectivity index (χ3n) is 3.30. The lowest BCUT2D eigenvalue weighted by Crippen LogP contribution is -2.30. The maximum Gasteiger partial charge on any atom is 0.152 e. The Bertz CT molecular complexity index is 256. The van der Waals surface area contributed by atoms with Gasteiger partial charge in [0.25, 0.3) is 0 Å². The zero-order chi connectivity index (χ0) is 10.6. The summed E-state index contributed by atoms with van der Waals surface area (Å²) in [5, 5.41) is -0.0946. The molecule has 14 heavy (non-hydrogen) atoms. The number of rotatable bonds is 4. The molecule has 1 fully saturated rings. The first-order valence-corrected chi connectivity index (χ1v) is 7.49. The lowest BCUT2D eigenvalue weighted by Gasteiger charge is -2.26. The van der Waals surface area contributed by atoms with Crippen LogP contribution < -0.4 is 0 Å². The number of hydrogen-bond donors (Lipinski definition) is 0. The van der Waals surface area contributed by atoms with Crippen molar-refractivity contribution in [3.05, 3.63) is 0 Å². The largest absolute Gasteiger partial charge is 0.229 e. The summed E-state index contributed by atoms with van der Waals surface area (Å²) in [4.78, 5) is 0. The second kappa shape index (κ2) is 5.15. The van der Waals surface area contributed by atoms with Gasteiger partial charge in [-0.1, -0.05) is 32.6 Å². The molecule has 0 aromatic carbocycles. The third kappa shape index (κ3) is 3.26. The molecule has 0 bridgehead atoms. The minimum absolute atomic E-state index is 0.0946. The maximum atomic E-state index is 11.5. The lowest BCUT2D eigenvalue weighted by molar-refractivity contribution is 0.392. The SMILES string of the molecule is CCCCC[C@H]1CCS(=O)(=O)[C@@H](C)C1. The predicted octanol–water partition coefficient (Wildman–Crippen LogP) is 2.78. The Balaban J connectivity index is 2.32. The van der Waals surface area contributed by atoms with Crippen LogP contribution in [0.3, 0.4) is 0 Å². The highest BCUT2D eigenvalue weighted by Gasteiger charge is 2.30. The molecule has 2 nitrogen and oxygen atoms in total. The van der Waals surface area contributed by atoms with E-state index in [2.05, 4.69) is 6.92 Å². The van der Waals surface area contributed by atoms with Gasteiger partial charge in [0.05, 0.1) is 11.0 Å². The molecule has 0 aromatic heterocycles. The van der Waals surface area contributed by atoms with Crippen LogP contribution >= 0.6 is 0 Å². The molecular weight excluding hydrogens is 196 g/mol. The molecule has 0 radical (unpaired) electrons. The lowest BCUT2D eigenvalue weighted by atomic mass is 9.93. The Labute approximate surface area is 88.0 Å². The molecule has 2 atom stereocenters. The summed E-state index contributed by atoms with van der Waals surface area (Å²) in [7, 11) is -2.72. The number of hydrogen-bond acceptors (Lipinski definition) is 2. The summed E-state index contributed by atoms with van der Waals surface area (Å²) in [6.07, 6.45) is 6.84. The van der Waals surface area contributed by atoms with E-state index in [1.807, 2.05) is 6.92 Å². The summed E-state index contributed by atoms with van der Waals surface area (Å²) in [6, 6.07) is 0. The van der Waals surface area contributed by atoms with Crippen molar-refractivity contribution in [3.8, 4) is 0 Å². The molecule has 0 saturated carbocycles. The fraction of sp³-hybridized carbons (Fsp3) is 1.00. The molecule has 1 aliphatic heterocycles. The van der Waals surface area contributed by atoms with Crippen LogP contribution in [-0.2, 0) is 9.84 Å². The number of sulfone groups is 1. The van der Waals surface area contributed by atoms with Crippen molar-refractivity contribution < 1.29 is 8.42 Å². The Hall–Kier alpha value is -0.0500. The first-order valence-electron chi connectivity index (χ1n) is 5.78. The predicted molar refractivity (Wildman–Crippen MR) is 60.1 cm³/mol. The van der Waals surface area contributed by atoms with Crippen molar-refractivity contribution in [2.75, 3.05) is 5.75 Å². The summed E-state index contributed by atoms with van der Waals surface area (Å²) < 4.78 is 22.9. The van der Waals surface area contributed by atoms with Crippen LogP contribution in [0.5, 0.6) is 0 Å². The van der Waals surface area contributed by atoms with Gasteiger partial charge < -0.3 is 0 Å². The summed E-state index contributed by atoms with van der Waals surface area (Å²) in [5.74, 6) is 1.09. The van der Waals surface area contributed by atoms with Crippen molar-refractivity contribution in [1.82, 2.24) is 0 Å². The molecule has 0 N–H and O–H groups in total. The molecule has 0 amide bonds. The van der Waals surface area contributed by atoms with E-state index in [1.54, 1.807) is 0 Å². The van der Waals surface area contributed by atoms with Crippen LogP contribution in [0, 0.1) is 5.92 Å². The van der Waals surface area contributed by atoms with Crippen LogP contribution in [-0.4, -0.2) is 19.4 Å². The molecule has 1 rings (SSSR count). The highest BCUT2D eigenvalue weighted by Crippen LogP contribution is 2.28. The third-order valence-corrected chi connectivity index (χ3v) is 5.53. The smallest absolute Gasteiger partial charge is 0.152 e. The van der Waals surface area contributed by atoms with Gasteiger partial charge in [-0.05, 0) is 25.7 Å². The van der Waals surface area contributed by atoms with Gasteiger partial charge >= 0.3 is 0 Å². The first kappa shape index (κ1) is 12.0. The number of unbranched alkanes of at least 4 members (excludes halogenated alkanes) is 2. The van der Waals surface area contributed by atoms with Crippen LogP contribution in [0.25, 0.3) is 0 Å². The van der Waals surface area contributed by atoms with Gasteiger partial charge in [-0.15, -0.1) is 0 Å². The molecule has 0 spiro atoms. The Morgan fingerprint density at radius 1 is 1.29 bits per heavy atom. The normalized spacial score (nSPS) is 31.6. The van der Waals surface area contributed by atoms with E-state index in [-0.39, 0.29) is 5.25 Å². The first-order chi connectivity index (χ1) is 6.56. The van der Waals surface area contributed by atoms with Gasteiger partial charge in [0.15, 0.2) is 9.84 Å². The zero-order valence-electron chi connectivity index (χ0n) is 9.33. The van der Waals surface area contributed by atoms with Crippen LogP contribution in [0.4, 0.5) is 0 Å². The zero-order valence-corrected chi connectivity index (χ0v) is 10.1. The second-order valence-corrected chi connectivity index (χ2v) is 7.10. The van der Waals surface area contributed by atoms with Crippen molar-refractivity contribution in [2.24, 2.45) is 5.92 Å². The molecular formula is C11H22O2S. The molecule has 0 aromatic rings. The van der Waals surface area contributed by atoms with Gasteiger partial charge in [-0.3, -0.25) is 0 Å². The van der Waals surface area contributed by atoms with Crippen LogP contribution in [0.1, 0.15) is 52.4 Å². The van der Waals surface area contributed by atoms with Crippen molar-refractivity contribution in [1.29, 1.82) is 0 Å². The topological polar surface area (TPSA) is 34.1 Å². The Morgan fingerprint density at radius 2 is 2.00 bits per heavy atom. The van der Waals surface area contributed by atoms with E-state index in [9.17, 15) is 8.42 Å². The average Bonchev–Trinajstić information content (AvgIpc) is 2.12. The summed E-state index contributed by atoms with van der Waals surface area (Å²) in [5.41, 5.74) is 0. The average molecular weight is 218 g/mol. The fourth-order valence-corrected chi connectivity index (χ4v) is 3.84. The van der Waals surface area contributed by atoms with Crippen molar-refractivity contribution in [2.45, 2.75) is 57.6 Å².